The minimum atomic E-state index is 0.424. The van der Waals surface area contributed by atoms with Gasteiger partial charge >= 0.3 is 0 Å². The highest BCUT2D eigenvalue weighted by Crippen LogP contribution is 2.14. The first-order valence-corrected chi connectivity index (χ1v) is 8.51. The van der Waals surface area contributed by atoms with Crippen LogP contribution in [0.4, 0.5) is 0 Å². The molecule has 0 aliphatic carbocycles. The van der Waals surface area contributed by atoms with Crippen molar-refractivity contribution in [3.8, 4) is 0 Å². The largest absolute Gasteiger partial charge is 0.379 e. The molecule has 1 aliphatic rings. The lowest BCUT2D eigenvalue weighted by Crippen LogP contribution is -2.52. The van der Waals surface area contributed by atoms with E-state index in [0.717, 1.165) is 42.8 Å². The zero-order chi connectivity index (χ0) is 16.7. The van der Waals surface area contributed by atoms with Crippen molar-refractivity contribution < 1.29 is 4.74 Å². The lowest BCUT2D eigenvalue weighted by atomic mass is 10.2. The minimum absolute atomic E-state index is 0.424. The SMILES string of the molecule is CN=C(NCc1ccccc1Cl)NCC(C)N1CCOCC1C. The summed E-state index contributed by atoms with van der Waals surface area (Å²) in [6.45, 7) is 8.54. The van der Waals surface area contributed by atoms with E-state index >= 15 is 0 Å². The summed E-state index contributed by atoms with van der Waals surface area (Å²) in [4.78, 5) is 6.75. The molecule has 0 spiro atoms. The highest BCUT2D eigenvalue weighted by atomic mass is 35.5. The molecule has 1 heterocycles. The number of halogens is 1. The van der Waals surface area contributed by atoms with Gasteiger partial charge in [0, 0.05) is 43.8 Å². The minimum Gasteiger partial charge on any atom is -0.379 e. The van der Waals surface area contributed by atoms with E-state index in [9.17, 15) is 0 Å². The van der Waals surface area contributed by atoms with Crippen molar-refractivity contribution in [1.82, 2.24) is 15.5 Å². The van der Waals surface area contributed by atoms with Crippen molar-refractivity contribution in [1.29, 1.82) is 0 Å². The van der Waals surface area contributed by atoms with Crippen molar-refractivity contribution in [2.75, 3.05) is 33.4 Å². The lowest BCUT2D eigenvalue weighted by molar-refractivity contribution is -0.0174. The molecule has 1 fully saturated rings. The van der Waals surface area contributed by atoms with E-state index < -0.39 is 0 Å². The molecule has 2 atom stereocenters. The summed E-state index contributed by atoms with van der Waals surface area (Å²) >= 11 is 6.18. The average molecular weight is 339 g/mol. The van der Waals surface area contributed by atoms with Crippen LogP contribution in [0.25, 0.3) is 0 Å². The number of hydrogen-bond donors (Lipinski definition) is 2. The van der Waals surface area contributed by atoms with Gasteiger partial charge in [-0.1, -0.05) is 29.8 Å². The predicted octanol–water partition coefficient (Wildman–Crippen LogP) is 2.11. The highest BCUT2D eigenvalue weighted by Gasteiger charge is 2.23. The van der Waals surface area contributed by atoms with Crippen LogP contribution in [0.5, 0.6) is 0 Å². The van der Waals surface area contributed by atoms with E-state index in [1.807, 2.05) is 24.3 Å². The molecule has 0 radical (unpaired) electrons. The second-order valence-electron chi connectivity index (χ2n) is 5.91. The summed E-state index contributed by atoms with van der Waals surface area (Å²) in [7, 11) is 1.78. The molecule has 2 unspecified atom stereocenters. The third kappa shape index (κ3) is 5.37. The van der Waals surface area contributed by atoms with E-state index in [4.69, 9.17) is 16.3 Å². The number of rotatable bonds is 5. The first kappa shape index (κ1) is 18.0. The highest BCUT2D eigenvalue weighted by molar-refractivity contribution is 6.31. The van der Waals surface area contributed by atoms with Gasteiger partial charge in [-0.05, 0) is 25.5 Å². The van der Waals surface area contributed by atoms with Gasteiger partial charge in [-0.25, -0.2) is 0 Å². The molecule has 2 N–H and O–H groups in total. The van der Waals surface area contributed by atoms with E-state index in [1.165, 1.54) is 0 Å². The Labute approximate surface area is 144 Å². The lowest BCUT2D eigenvalue weighted by Gasteiger charge is -2.38. The Balaban J connectivity index is 1.79. The average Bonchev–Trinajstić information content (AvgIpc) is 2.56. The smallest absolute Gasteiger partial charge is 0.191 e. The maximum absolute atomic E-state index is 6.18. The van der Waals surface area contributed by atoms with Crippen LogP contribution >= 0.6 is 11.6 Å². The standard InChI is InChI=1S/C17H27ClN4O/c1-13(22-8-9-23-12-14(22)2)10-20-17(19-3)21-11-15-6-4-5-7-16(15)18/h4-7,13-14H,8-12H2,1-3H3,(H2,19,20,21). The Bertz CT molecular complexity index is 523. The Morgan fingerprint density at radius 1 is 1.43 bits per heavy atom. The summed E-state index contributed by atoms with van der Waals surface area (Å²) in [5.74, 6) is 0.790. The van der Waals surface area contributed by atoms with Gasteiger partial charge in [-0.3, -0.25) is 9.89 Å². The maximum atomic E-state index is 6.18. The van der Waals surface area contributed by atoms with Gasteiger partial charge in [0.15, 0.2) is 5.96 Å². The second kappa shape index (κ2) is 9.11. The van der Waals surface area contributed by atoms with Crippen molar-refractivity contribution in [2.45, 2.75) is 32.5 Å². The number of nitrogens with zero attached hydrogens (tertiary/aromatic N) is 2. The molecule has 1 saturated heterocycles. The van der Waals surface area contributed by atoms with Crippen LogP contribution in [-0.2, 0) is 11.3 Å². The van der Waals surface area contributed by atoms with Crippen molar-refractivity contribution in [2.24, 2.45) is 4.99 Å². The summed E-state index contributed by atoms with van der Waals surface area (Å²) in [5.41, 5.74) is 1.06. The predicted molar refractivity (Wildman–Crippen MR) is 96.1 cm³/mol. The van der Waals surface area contributed by atoms with Gasteiger partial charge in [0.2, 0.25) is 0 Å². The maximum Gasteiger partial charge on any atom is 0.191 e. The molecular formula is C17H27ClN4O. The van der Waals surface area contributed by atoms with Crippen LogP contribution in [0.15, 0.2) is 29.3 Å². The molecule has 1 aromatic carbocycles. The van der Waals surface area contributed by atoms with Gasteiger partial charge in [-0.15, -0.1) is 0 Å². The van der Waals surface area contributed by atoms with Crippen molar-refractivity contribution in [3.63, 3.8) is 0 Å². The molecule has 0 bridgehead atoms. The van der Waals surface area contributed by atoms with Crippen LogP contribution in [0.1, 0.15) is 19.4 Å². The number of morpholine rings is 1. The van der Waals surface area contributed by atoms with Crippen LogP contribution < -0.4 is 10.6 Å². The zero-order valence-electron chi connectivity index (χ0n) is 14.2. The Hall–Kier alpha value is -1.30. The van der Waals surface area contributed by atoms with E-state index in [-0.39, 0.29) is 0 Å². The molecule has 1 aromatic rings. The number of nitrogens with one attached hydrogen (secondary N) is 2. The normalized spacial score (nSPS) is 21.0. The van der Waals surface area contributed by atoms with Crippen LogP contribution in [0.3, 0.4) is 0 Å². The fourth-order valence-corrected chi connectivity index (χ4v) is 3.00. The summed E-state index contributed by atoms with van der Waals surface area (Å²) in [6, 6.07) is 8.72. The third-order valence-electron chi connectivity index (χ3n) is 4.18. The second-order valence-corrected chi connectivity index (χ2v) is 6.32. The van der Waals surface area contributed by atoms with Crippen LogP contribution in [0.2, 0.25) is 5.02 Å². The van der Waals surface area contributed by atoms with Crippen LogP contribution in [0, 0.1) is 0 Å². The van der Waals surface area contributed by atoms with E-state index in [0.29, 0.717) is 18.6 Å². The van der Waals surface area contributed by atoms with Crippen molar-refractivity contribution >= 4 is 17.6 Å². The molecular weight excluding hydrogens is 312 g/mol. The molecule has 0 saturated carbocycles. The zero-order valence-corrected chi connectivity index (χ0v) is 14.9. The number of hydrogen-bond acceptors (Lipinski definition) is 3. The quantitative estimate of drug-likeness (QED) is 0.638. The molecule has 1 aliphatic heterocycles. The Kier molecular flexibility index (Phi) is 7.15. The fraction of sp³-hybridized carbons (Fsp3) is 0.588. The first-order chi connectivity index (χ1) is 11.1. The van der Waals surface area contributed by atoms with Crippen LogP contribution in [-0.4, -0.2) is 56.3 Å². The van der Waals surface area contributed by atoms with Gasteiger partial charge in [0.25, 0.3) is 0 Å². The molecule has 2 rings (SSSR count). The van der Waals surface area contributed by atoms with Gasteiger partial charge in [0.05, 0.1) is 13.2 Å². The topological polar surface area (TPSA) is 48.9 Å². The molecule has 5 nitrogen and oxygen atoms in total. The van der Waals surface area contributed by atoms with E-state index in [2.05, 4.69) is 34.4 Å². The monoisotopic (exact) mass is 338 g/mol. The molecule has 0 aromatic heterocycles. The Morgan fingerprint density at radius 2 is 2.22 bits per heavy atom. The number of guanidine groups is 1. The van der Waals surface area contributed by atoms with Gasteiger partial charge in [0.1, 0.15) is 0 Å². The van der Waals surface area contributed by atoms with E-state index in [1.54, 1.807) is 7.05 Å². The first-order valence-electron chi connectivity index (χ1n) is 8.13. The van der Waals surface area contributed by atoms with Gasteiger partial charge < -0.3 is 15.4 Å². The molecule has 23 heavy (non-hydrogen) atoms. The molecule has 6 heteroatoms. The fourth-order valence-electron chi connectivity index (χ4n) is 2.80. The molecule has 0 amide bonds. The summed E-state index contributed by atoms with van der Waals surface area (Å²) < 4.78 is 5.50. The Morgan fingerprint density at radius 3 is 2.91 bits per heavy atom. The summed E-state index contributed by atoms with van der Waals surface area (Å²) in [6.07, 6.45) is 0. The third-order valence-corrected chi connectivity index (χ3v) is 4.55. The molecule has 128 valence electrons. The number of benzene rings is 1. The number of aliphatic imine (C=N–C) groups is 1. The van der Waals surface area contributed by atoms with Crippen molar-refractivity contribution in [3.05, 3.63) is 34.9 Å². The number of ether oxygens (including phenoxy) is 1. The summed E-state index contributed by atoms with van der Waals surface area (Å²) in [5, 5.41) is 7.47. The van der Waals surface area contributed by atoms with Gasteiger partial charge in [-0.2, -0.15) is 0 Å².